The smallest absolute Gasteiger partial charge is 0.356 e. The first-order valence-electron chi connectivity index (χ1n) is 6.93. The highest BCUT2D eigenvalue weighted by molar-refractivity contribution is 5.79. The van der Waals surface area contributed by atoms with Gasteiger partial charge in [0.05, 0.1) is 12.1 Å². The van der Waals surface area contributed by atoms with Crippen LogP contribution in [0.1, 0.15) is 25.0 Å². The van der Waals surface area contributed by atoms with Crippen molar-refractivity contribution >= 4 is 5.96 Å². The van der Waals surface area contributed by atoms with Crippen molar-refractivity contribution in [2.45, 2.75) is 20.0 Å². The molecule has 0 radical (unpaired) electrons. The number of halogens is 3. The summed E-state index contributed by atoms with van der Waals surface area (Å²) >= 11 is 0. The first-order valence-corrected chi connectivity index (χ1v) is 6.93. The zero-order chi connectivity index (χ0) is 16.6. The predicted molar refractivity (Wildman–Crippen MR) is 82.5 cm³/mol. The van der Waals surface area contributed by atoms with Gasteiger partial charge in [-0.2, -0.15) is 13.2 Å². The van der Waals surface area contributed by atoms with Crippen LogP contribution in [0, 0.1) is 17.8 Å². The number of hydrogen-bond donors (Lipinski definition) is 2. The largest absolute Gasteiger partial charge is 0.416 e. The summed E-state index contributed by atoms with van der Waals surface area (Å²) in [6.07, 6.45) is -4.35. The molecule has 0 aliphatic rings. The van der Waals surface area contributed by atoms with Gasteiger partial charge in [0.15, 0.2) is 5.96 Å². The molecule has 0 atom stereocenters. The van der Waals surface area contributed by atoms with E-state index in [1.807, 2.05) is 0 Å². The lowest BCUT2D eigenvalue weighted by molar-refractivity contribution is -0.137. The standard InChI is InChI=1S/C16H20F3N3/c1-12(2)11-22-15(20-3)21-9-5-7-13-6-4-8-14(10-13)16(17,18)19/h4,6,8,10,12H,9,11H2,1-3H3,(H2,20,21,22). The topological polar surface area (TPSA) is 36.4 Å². The lowest BCUT2D eigenvalue weighted by Crippen LogP contribution is -2.39. The van der Waals surface area contributed by atoms with Crippen LogP contribution in [0.4, 0.5) is 13.2 Å². The van der Waals surface area contributed by atoms with E-state index < -0.39 is 11.7 Å². The molecule has 0 aliphatic carbocycles. The van der Waals surface area contributed by atoms with Crippen molar-refractivity contribution in [1.29, 1.82) is 0 Å². The molecule has 2 N–H and O–H groups in total. The molecule has 1 aromatic rings. The van der Waals surface area contributed by atoms with Crippen molar-refractivity contribution in [3.05, 3.63) is 35.4 Å². The van der Waals surface area contributed by atoms with Gasteiger partial charge in [0.25, 0.3) is 0 Å². The summed E-state index contributed by atoms with van der Waals surface area (Å²) in [5.41, 5.74) is -0.358. The van der Waals surface area contributed by atoms with Gasteiger partial charge in [-0.25, -0.2) is 0 Å². The molecular weight excluding hydrogens is 291 g/mol. The maximum atomic E-state index is 12.6. The Hall–Kier alpha value is -2.16. The molecule has 22 heavy (non-hydrogen) atoms. The molecule has 3 nitrogen and oxygen atoms in total. The average molecular weight is 311 g/mol. The molecule has 0 spiro atoms. The molecule has 0 heterocycles. The first kappa shape index (κ1) is 17.9. The fraction of sp³-hybridized carbons (Fsp3) is 0.438. The van der Waals surface area contributed by atoms with E-state index in [-0.39, 0.29) is 0 Å². The normalized spacial score (nSPS) is 11.9. The molecule has 0 aromatic heterocycles. The second-order valence-corrected chi connectivity index (χ2v) is 5.08. The molecule has 1 aromatic carbocycles. The number of nitrogens with zero attached hydrogens (tertiary/aromatic N) is 1. The molecule has 0 unspecified atom stereocenters. The van der Waals surface area contributed by atoms with Gasteiger partial charge in [0.1, 0.15) is 0 Å². The van der Waals surface area contributed by atoms with Gasteiger partial charge in [-0.15, -0.1) is 0 Å². The zero-order valence-electron chi connectivity index (χ0n) is 12.9. The van der Waals surface area contributed by atoms with E-state index >= 15 is 0 Å². The van der Waals surface area contributed by atoms with Crippen molar-refractivity contribution in [3.63, 3.8) is 0 Å². The van der Waals surface area contributed by atoms with Crippen LogP contribution in [0.3, 0.4) is 0 Å². The van der Waals surface area contributed by atoms with Crippen molar-refractivity contribution in [2.24, 2.45) is 10.9 Å². The number of benzene rings is 1. The minimum Gasteiger partial charge on any atom is -0.356 e. The van der Waals surface area contributed by atoms with Gasteiger partial charge in [-0.05, 0) is 24.1 Å². The molecule has 0 saturated heterocycles. The van der Waals surface area contributed by atoms with Gasteiger partial charge in [-0.1, -0.05) is 31.8 Å². The van der Waals surface area contributed by atoms with E-state index in [9.17, 15) is 13.2 Å². The van der Waals surface area contributed by atoms with Crippen LogP contribution in [0.2, 0.25) is 0 Å². The fourth-order valence-corrected chi connectivity index (χ4v) is 1.57. The summed E-state index contributed by atoms with van der Waals surface area (Å²) in [4.78, 5) is 4.03. The molecule has 0 saturated carbocycles. The Morgan fingerprint density at radius 2 is 2.00 bits per heavy atom. The Morgan fingerprint density at radius 3 is 2.59 bits per heavy atom. The van der Waals surface area contributed by atoms with E-state index in [1.165, 1.54) is 6.07 Å². The van der Waals surface area contributed by atoms with Crippen molar-refractivity contribution in [2.75, 3.05) is 20.1 Å². The Kier molecular flexibility index (Phi) is 6.77. The lowest BCUT2D eigenvalue weighted by atomic mass is 10.1. The summed E-state index contributed by atoms with van der Waals surface area (Å²) in [6.45, 7) is 5.23. The van der Waals surface area contributed by atoms with Crippen molar-refractivity contribution in [1.82, 2.24) is 10.6 Å². The monoisotopic (exact) mass is 311 g/mol. The maximum Gasteiger partial charge on any atom is 0.416 e. The average Bonchev–Trinajstić information content (AvgIpc) is 2.45. The zero-order valence-corrected chi connectivity index (χ0v) is 12.9. The van der Waals surface area contributed by atoms with Crippen LogP contribution in [0.15, 0.2) is 29.3 Å². The van der Waals surface area contributed by atoms with E-state index in [0.717, 1.165) is 18.7 Å². The lowest BCUT2D eigenvalue weighted by Gasteiger charge is -2.11. The third-order valence-electron chi connectivity index (χ3n) is 2.67. The summed E-state index contributed by atoms with van der Waals surface area (Å²) in [7, 11) is 1.65. The Labute approximate surface area is 129 Å². The van der Waals surface area contributed by atoms with E-state index in [4.69, 9.17) is 0 Å². The fourth-order valence-electron chi connectivity index (χ4n) is 1.57. The van der Waals surface area contributed by atoms with E-state index in [0.29, 0.717) is 24.0 Å². The molecule has 1 rings (SSSR count). The molecule has 6 heteroatoms. The van der Waals surface area contributed by atoms with E-state index in [1.54, 1.807) is 13.1 Å². The highest BCUT2D eigenvalue weighted by Gasteiger charge is 2.30. The van der Waals surface area contributed by atoms with Crippen LogP contribution in [-0.4, -0.2) is 26.1 Å². The number of rotatable bonds is 3. The van der Waals surface area contributed by atoms with Crippen LogP contribution < -0.4 is 10.6 Å². The Bertz CT molecular complexity index is 566. The second kappa shape index (κ2) is 8.32. The summed E-state index contributed by atoms with van der Waals surface area (Å²) in [6, 6.07) is 4.97. The molecule has 0 amide bonds. The number of nitrogens with one attached hydrogen (secondary N) is 2. The number of aliphatic imine (C=N–C) groups is 1. The van der Waals surface area contributed by atoms with Crippen LogP contribution in [0.25, 0.3) is 0 Å². The van der Waals surface area contributed by atoms with Crippen molar-refractivity contribution in [3.8, 4) is 11.8 Å². The van der Waals surface area contributed by atoms with Gasteiger partial charge >= 0.3 is 6.18 Å². The Morgan fingerprint density at radius 1 is 1.27 bits per heavy atom. The molecular formula is C16H20F3N3. The molecule has 0 aliphatic heterocycles. The van der Waals surface area contributed by atoms with Gasteiger partial charge < -0.3 is 10.6 Å². The van der Waals surface area contributed by atoms with Gasteiger partial charge in [0, 0.05) is 19.2 Å². The SMILES string of the molecule is CN=C(NCC#Cc1cccc(C(F)(F)F)c1)NCC(C)C. The number of hydrogen-bond acceptors (Lipinski definition) is 1. The van der Waals surface area contributed by atoms with Crippen LogP contribution in [-0.2, 0) is 6.18 Å². The predicted octanol–water partition coefficient (Wildman–Crippen LogP) is 2.88. The minimum absolute atomic E-state index is 0.300. The van der Waals surface area contributed by atoms with Crippen LogP contribution >= 0.6 is 0 Å². The van der Waals surface area contributed by atoms with E-state index in [2.05, 4.69) is 41.3 Å². The van der Waals surface area contributed by atoms with Crippen molar-refractivity contribution < 1.29 is 13.2 Å². The van der Waals surface area contributed by atoms with Crippen LogP contribution in [0.5, 0.6) is 0 Å². The third kappa shape index (κ3) is 6.53. The third-order valence-corrected chi connectivity index (χ3v) is 2.67. The first-order chi connectivity index (χ1) is 10.3. The highest BCUT2D eigenvalue weighted by atomic mass is 19.4. The second-order valence-electron chi connectivity index (χ2n) is 5.08. The van der Waals surface area contributed by atoms with Gasteiger partial charge in [-0.3, -0.25) is 4.99 Å². The number of alkyl halides is 3. The number of guanidine groups is 1. The van der Waals surface area contributed by atoms with Gasteiger partial charge in [0.2, 0.25) is 0 Å². The quantitative estimate of drug-likeness (QED) is 0.511. The Balaban J connectivity index is 2.57. The molecule has 0 fully saturated rings. The highest BCUT2D eigenvalue weighted by Crippen LogP contribution is 2.29. The molecule has 120 valence electrons. The molecule has 0 bridgehead atoms. The minimum atomic E-state index is -4.35. The summed E-state index contributed by atoms with van der Waals surface area (Å²) in [5, 5.41) is 6.10. The maximum absolute atomic E-state index is 12.6. The summed E-state index contributed by atoms with van der Waals surface area (Å²) in [5.74, 6) is 6.59. The summed E-state index contributed by atoms with van der Waals surface area (Å²) < 4.78 is 37.7.